The molecule has 0 radical (unpaired) electrons. The fourth-order valence-electron chi connectivity index (χ4n) is 2.29. The van der Waals surface area contributed by atoms with Gasteiger partial charge in [-0.3, -0.25) is 9.78 Å². The number of pyridine rings is 1. The van der Waals surface area contributed by atoms with Crippen LogP contribution in [-0.2, 0) is 0 Å². The summed E-state index contributed by atoms with van der Waals surface area (Å²) in [5, 5.41) is 4.94. The summed E-state index contributed by atoms with van der Waals surface area (Å²) in [5.41, 5.74) is 6.08. The van der Waals surface area contributed by atoms with Crippen molar-refractivity contribution in [3.8, 4) is 0 Å². The molecule has 4 heteroatoms. The summed E-state index contributed by atoms with van der Waals surface area (Å²) in [6, 6.07) is 9.76. The Hall–Kier alpha value is -1.94. The van der Waals surface area contributed by atoms with Gasteiger partial charge in [0.15, 0.2) is 0 Å². The van der Waals surface area contributed by atoms with Gasteiger partial charge >= 0.3 is 0 Å². The van der Waals surface area contributed by atoms with E-state index < -0.39 is 0 Å². The molecule has 0 bridgehead atoms. The van der Waals surface area contributed by atoms with Gasteiger partial charge < -0.3 is 11.1 Å². The molecule has 0 aliphatic rings. The third-order valence-corrected chi connectivity index (χ3v) is 3.49. The SMILES string of the molecule is CC(C)C(CCN)NC(=O)c1nccc2ccccc12. The van der Waals surface area contributed by atoms with Gasteiger partial charge in [-0.15, -0.1) is 0 Å². The van der Waals surface area contributed by atoms with Crippen LogP contribution in [0.2, 0.25) is 0 Å². The summed E-state index contributed by atoms with van der Waals surface area (Å²) >= 11 is 0. The van der Waals surface area contributed by atoms with E-state index in [-0.39, 0.29) is 11.9 Å². The Morgan fingerprint density at radius 1 is 1.30 bits per heavy atom. The van der Waals surface area contributed by atoms with Crippen LogP contribution in [0.3, 0.4) is 0 Å². The third kappa shape index (κ3) is 3.14. The lowest BCUT2D eigenvalue weighted by molar-refractivity contribution is 0.0921. The van der Waals surface area contributed by atoms with Gasteiger partial charge in [0.25, 0.3) is 5.91 Å². The molecule has 0 spiro atoms. The Bertz CT molecular complexity index is 590. The molecule has 4 nitrogen and oxygen atoms in total. The number of hydrogen-bond donors (Lipinski definition) is 2. The maximum Gasteiger partial charge on any atom is 0.270 e. The van der Waals surface area contributed by atoms with Crippen molar-refractivity contribution in [1.82, 2.24) is 10.3 Å². The Morgan fingerprint density at radius 2 is 2.05 bits per heavy atom. The highest BCUT2D eigenvalue weighted by Crippen LogP contribution is 2.17. The van der Waals surface area contributed by atoms with E-state index in [2.05, 4.69) is 24.1 Å². The van der Waals surface area contributed by atoms with E-state index >= 15 is 0 Å². The Kier molecular flexibility index (Phi) is 4.69. The maximum absolute atomic E-state index is 12.4. The number of nitrogens with two attached hydrogens (primary N) is 1. The van der Waals surface area contributed by atoms with Gasteiger partial charge in [-0.25, -0.2) is 0 Å². The van der Waals surface area contributed by atoms with Crippen molar-refractivity contribution in [2.75, 3.05) is 6.54 Å². The lowest BCUT2D eigenvalue weighted by atomic mass is 10.0. The molecule has 1 heterocycles. The number of fused-ring (bicyclic) bond motifs is 1. The molecule has 0 fully saturated rings. The summed E-state index contributed by atoms with van der Waals surface area (Å²) in [5.74, 6) is 0.214. The lowest BCUT2D eigenvalue weighted by Crippen LogP contribution is -2.40. The fourth-order valence-corrected chi connectivity index (χ4v) is 2.29. The topological polar surface area (TPSA) is 68.0 Å². The summed E-state index contributed by atoms with van der Waals surface area (Å²) in [7, 11) is 0. The first-order chi connectivity index (χ1) is 9.63. The van der Waals surface area contributed by atoms with Gasteiger partial charge in [-0.05, 0) is 30.3 Å². The summed E-state index contributed by atoms with van der Waals surface area (Å²) in [6.45, 7) is 4.72. The van der Waals surface area contributed by atoms with E-state index in [4.69, 9.17) is 5.73 Å². The van der Waals surface area contributed by atoms with Gasteiger partial charge in [-0.2, -0.15) is 0 Å². The zero-order valence-corrected chi connectivity index (χ0v) is 12.0. The zero-order valence-electron chi connectivity index (χ0n) is 12.0. The van der Waals surface area contributed by atoms with Gasteiger partial charge in [0.1, 0.15) is 5.69 Å². The number of aromatic nitrogens is 1. The van der Waals surface area contributed by atoms with Gasteiger partial charge in [-0.1, -0.05) is 38.1 Å². The molecular weight excluding hydrogens is 250 g/mol. The monoisotopic (exact) mass is 271 g/mol. The number of benzene rings is 1. The largest absolute Gasteiger partial charge is 0.348 e. The number of nitrogens with zero attached hydrogens (tertiary/aromatic N) is 1. The zero-order chi connectivity index (χ0) is 14.5. The number of amides is 1. The first-order valence-electron chi connectivity index (χ1n) is 6.98. The quantitative estimate of drug-likeness (QED) is 0.877. The maximum atomic E-state index is 12.4. The van der Waals surface area contributed by atoms with E-state index in [0.29, 0.717) is 18.2 Å². The molecule has 20 heavy (non-hydrogen) atoms. The summed E-state index contributed by atoms with van der Waals surface area (Å²) in [4.78, 5) is 16.7. The van der Waals surface area contributed by atoms with E-state index in [1.807, 2.05) is 30.3 Å². The minimum absolute atomic E-state index is 0.0771. The second kappa shape index (κ2) is 6.48. The van der Waals surface area contributed by atoms with Crippen LogP contribution in [-0.4, -0.2) is 23.5 Å². The molecule has 0 aliphatic carbocycles. The molecule has 2 aromatic rings. The molecule has 3 N–H and O–H groups in total. The van der Waals surface area contributed by atoms with Crippen molar-refractivity contribution in [3.05, 3.63) is 42.2 Å². The van der Waals surface area contributed by atoms with Crippen molar-refractivity contribution >= 4 is 16.7 Å². The van der Waals surface area contributed by atoms with Crippen molar-refractivity contribution in [2.45, 2.75) is 26.3 Å². The number of hydrogen-bond acceptors (Lipinski definition) is 3. The van der Waals surface area contributed by atoms with E-state index in [9.17, 15) is 4.79 Å². The van der Waals surface area contributed by atoms with E-state index in [1.165, 1.54) is 0 Å². The second-order valence-corrected chi connectivity index (χ2v) is 5.28. The van der Waals surface area contributed by atoms with Gasteiger partial charge in [0.05, 0.1) is 0 Å². The first-order valence-corrected chi connectivity index (χ1v) is 6.98. The Balaban J connectivity index is 2.27. The minimum atomic E-state index is -0.131. The van der Waals surface area contributed by atoms with Gasteiger partial charge in [0, 0.05) is 17.6 Å². The molecule has 2 rings (SSSR count). The molecule has 106 valence electrons. The molecule has 1 aromatic heterocycles. The molecule has 1 unspecified atom stereocenters. The van der Waals surface area contributed by atoms with Crippen molar-refractivity contribution < 1.29 is 4.79 Å². The molecule has 0 saturated carbocycles. The standard InChI is InChI=1S/C16H21N3O/c1-11(2)14(7-9-17)19-16(20)15-13-6-4-3-5-12(13)8-10-18-15/h3-6,8,10-11,14H,7,9,17H2,1-2H3,(H,19,20). The molecule has 0 aliphatic heterocycles. The van der Waals surface area contributed by atoms with Crippen LogP contribution in [0.5, 0.6) is 0 Å². The molecule has 0 saturated heterocycles. The van der Waals surface area contributed by atoms with Crippen LogP contribution in [0.25, 0.3) is 10.8 Å². The lowest BCUT2D eigenvalue weighted by Gasteiger charge is -2.21. The van der Waals surface area contributed by atoms with Crippen LogP contribution < -0.4 is 11.1 Å². The normalized spacial score (nSPS) is 12.6. The highest BCUT2D eigenvalue weighted by Gasteiger charge is 2.18. The van der Waals surface area contributed by atoms with Gasteiger partial charge in [0.2, 0.25) is 0 Å². The first kappa shape index (κ1) is 14.5. The summed E-state index contributed by atoms with van der Waals surface area (Å²) < 4.78 is 0. The van der Waals surface area contributed by atoms with Crippen molar-refractivity contribution in [1.29, 1.82) is 0 Å². The number of nitrogens with one attached hydrogen (secondary N) is 1. The molecular formula is C16H21N3O. The average molecular weight is 271 g/mol. The van der Waals surface area contributed by atoms with Crippen molar-refractivity contribution in [3.63, 3.8) is 0 Å². The molecule has 1 atom stereocenters. The number of carbonyl (C=O) groups excluding carboxylic acids is 1. The van der Waals surface area contributed by atoms with Crippen molar-refractivity contribution in [2.24, 2.45) is 11.7 Å². The predicted molar refractivity (Wildman–Crippen MR) is 81.5 cm³/mol. The fraction of sp³-hybridized carbons (Fsp3) is 0.375. The van der Waals surface area contributed by atoms with E-state index in [0.717, 1.165) is 17.2 Å². The summed E-state index contributed by atoms with van der Waals surface area (Å²) in [6.07, 6.45) is 2.44. The minimum Gasteiger partial charge on any atom is -0.348 e. The highest BCUT2D eigenvalue weighted by molar-refractivity contribution is 6.05. The van der Waals surface area contributed by atoms with Crippen LogP contribution in [0, 0.1) is 5.92 Å². The number of carbonyl (C=O) groups is 1. The molecule has 1 amide bonds. The average Bonchev–Trinajstić information content (AvgIpc) is 2.46. The Labute approximate surface area is 119 Å². The highest BCUT2D eigenvalue weighted by atomic mass is 16.1. The van der Waals surface area contributed by atoms with Crippen LogP contribution >= 0.6 is 0 Å². The smallest absolute Gasteiger partial charge is 0.270 e. The second-order valence-electron chi connectivity index (χ2n) is 5.28. The third-order valence-electron chi connectivity index (χ3n) is 3.49. The predicted octanol–water partition coefficient (Wildman–Crippen LogP) is 2.34. The molecule has 1 aromatic carbocycles. The van der Waals surface area contributed by atoms with Crippen LogP contribution in [0.1, 0.15) is 30.8 Å². The van der Waals surface area contributed by atoms with Crippen LogP contribution in [0.4, 0.5) is 0 Å². The number of rotatable bonds is 5. The van der Waals surface area contributed by atoms with E-state index in [1.54, 1.807) is 6.20 Å². The Morgan fingerprint density at radius 3 is 2.75 bits per heavy atom. The van der Waals surface area contributed by atoms with Crippen LogP contribution in [0.15, 0.2) is 36.5 Å².